The monoisotopic (exact) mass is 258 g/mol. The fourth-order valence-corrected chi connectivity index (χ4v) is 2.48. The van der Waals surface area contributed by atoms with E-state index >= 15 is 0 Å². The predicted molar refractivity (Wildman–Crippen MR) is 65.2 cm³/mol. The third-order valence-electron chi connectivity index (χ3n) is 3.40. The maximum absolute atomic E-state index is 12.3. The first-order valence-corrected chi connectivity index (χ1v) is 5.66. The van der Waals surface area contributed by atoms with Crippen molar-refractivity contribution in [2.24, 2.45) is 0 Å². The Morgan fingerprint density at radius 1 is 1.00 bits per heavy atom. The molecular weight excluding hydrogens is 248 g/mol. The van der Waals surface area contributed by atoms with E-state index in [1.54, 1.807) is 12.1 Å². The van der Waals surface area contributed by atoms with Gasteiger partial charge in [0.25, 0.3) is 5.56 Å². The summed E-state index contributed by atoms with van der Waals surface area (Å²) >= 11 is 0. The van der Waals surface area contributed by atoms with Crippen LogP contribution in [0.2, 0.25) is 0 Å². The maximum Gasteiger partial charge on any atom is 0.271 e. The van der Waals surface area contributed by atoms with E-state index in [0.717, 1.165) is 0 Å². The number of Topliss-reactive ketones (excluding diaryl/α,β-unsaturated/α-hetero) is 2. The van der Waals surface area contributed by atoms with Crippen LogP contribution in [0.25, 0.3) is 0 Å². The van der Waals surface area contributed by atoms with Crippen LogP contribution in [0, 0.1) is 6.92 Å². The molecule has 96 valence electrons. The Morgan fingerprint density at radius 3 is 1.95 bits per heavy atom. The number of nitrogens with one attached hydrogen (secondary N) is 2. The van der Waals surface area contributed by atoms with E-state index in [9.17, 15) is 19.5 Å². The zero-order valence-electron chi connectivity index (χ0n) is 9.98. The van der Waals surface area contributed by atoms with Crippen molar-refractivity contribution in [3.05, 3.63) is 57.0 Å². The van der Waals surface area contributed by atoms with Crippen LogP contribution >= 0.6 is 0 Å². The number of H-pyrrole nitrogens is 2. The summed E-state index contributed by atoms with van der Waals surface area (Å²) in [6, 6.07) is 6.13. The molecule has 3 rings (SSSR count). The van der Waals surface area contributed by atoms with E-state index in [0.29, 0.717) is 0 Å². The van der Waals surface area contributed by atoms with Crippen molar-refractivity contribution in [2.45, 2.75) is 12.5 Å². The van der Waals surface area contributed by atoms with Crippen LogP contribution in [0.15, 0.2) is 29.1 Å². The Bertz CT molecular complexity index is 734. The van der Waals surface area contributed by atoms with Crippen molar-refractivity contribution in [3.8, 4) is 0 Å². The van der Waals surface area contributed by atoms with Crippen LogP contribution in [-0.2, 0) is 5.60 Å². The lowest BCUT2D eigenvalue weighted by molar-refractivity contribution is 0.0315. The summed E-state index contributed by atoms with van der Waals surface area (Å²) in [7, 11) is 0. The molecule has 0 unspecified atom stereocenters. The van der Waals surface area contributed by atoms with E-state index in [4.69, 9.17) is 0 Å². The summed E-state index contributed by atoms with van der Waals surface area (Å²) in [6.45, 7) is 1.51. The maximum atomic E-state index is 12.3. The van der Waals surface area contributed by atoms with E-state index in [1.807, 2.05) is 0 Å². The van der Waals surface area contributed by atoms with E-state index in [1.165, 1.54) is 19.1 Å². The number of benzene rings is 1. The summed E-state index contributed by atoms with van der Waals surface area (Å²) < 4.78 is 0. The lowest BCUT2D eigenvalue weighted by atomic mass is 9.89. The second-order valence-electron chi connectivity index (χ2n) is 4.49. The van der Waals surface area contributed by atoms with Gasteiger partial charge in [-0.15, -0.1) is 0 Å². The first kappa shape index (κ1) is 11.6. The minimum absolute atomic E-state index is 0.134. The number of rotatable bonds is 1. The number of aryl methyl sites for hydroxylation is 1. The average Bonchev–Trinajstić information content (AvgIpc) is 2.83. The van der Waals surface area contributed by atoms with Crippen LogP contribution in [0.4, 0.5) is 0 Å². The molecule has 0 saturated heterocycles. The molecule has 1 aromatic carbocycles. The molecular formula is C13H10N2O4. The fraction of sp³-hybridized carbons (Fsp3) is 0.154. The first-order chi connectivity index (χ1) is 8.98. The normalized spacial score (nSPS) is 16.7. The van der Waals surface area contributed by atoms with Crippen molar-refractivity contribution in [1.29, 1.82) is 0 Å². The highest BCUT2D eigenvalue weighted by molar-refractivity contribution is 6.31. The van der Waals surface area contributed by atoms with Gasteiger partial charge in [0.05, 0.1) is 5.56 Å². The van der Waals surface area contributed by atoms with E-state index < -0.39 is 22.7 Å². The van der Waals surface area contributed by atoms with Crippen LogP contribution in [0.3, 0.4) is 0 Å². The highest BCUT2D eigenvalue weighted by Gasteiger charge is 2.55. The van der Waals surface area contributed by atoms with Gasteiger partial charge >= 0.3 is 0 Å². The Labute approximate surface area is 107 Å². The summed E-state index contributed by atoms with van der Waals surface area (Å²) in [5, 5.41) is 15.3. The molecule has 0 bridgehead atoms. The van der Waals surface area contributed by atoms with Crippen LogP contribution < -0.4 is 5.56 Å². The zero-order valence-corrected chi connectivity index (χ0v) is 9.98. The lowest BCUT2D eigenvalue weighted by Crippen LogP contribution is -2.42. The van der Waals surface area contributed by atoms with Gasteiger partial charge in [-0.2, -0.15) is 0 Å². The van der Waals surface area contributed by atoms with Gasteiger partial charge in [0.1, 0.15) is 0 Å². The smallest absolute Gasteiger partial charge is 0.271 e. The topological polar surface area (TPSA) is 103 Å². The van der Waals surface area contributed by atoms with Crippen LogP contribution in [-0.4, -0.2) is 26.9 Å². The molecule has 1 aliphatic rings. The van der Waals surface area contributed by atoms with Gasteiger partial charge < -0.3 is 10.2 Å². The number of aromatic amines is 2. The molecule has 2 aromatic rings. The summed E-state index contributed by atoms with van der Waals surface area (Å²) in [5.74, 6) is -1.53. The van der Waals surface area contributed by atoms with Gasteiger partial charge in [0.15, 0.2) is 0 Å². The van der Waals surface area contributed by atoms with Crippen molar-refractivity contribution >= 4 is 11.6 Å². The summed E-state index contributed by atoms with van der Waals surface area (Å²) in [6.07, 6.45) is 0. The fourth-order valence-electron chi connectivity index (χ4n) is 2.48. The van der Waals surface area contributed by atoms with Gasteiger partial charge in [-0.1, -0.05) is 24.3 Å². The van der Waals surface area contributed by atoms with Gasteiger partial charge in [-0.3, -0.25) is 19.5 Å². The quantitative estimate of drug-likeness (QED) is 0.639. The molecule has 0 aliphatic heterocycles. The molecule has 1 aromatic heterocycles. The van der Waals surface area contributed by atoms with Gasteiger partial charge in [-0.05, 0) is 6.92 Å². The van der Waals surface area contributed by atoms with Crippen molar-refractivity contribution in [3.63, 3.8) is 0 Å². The number of carbonyl (C=O) groups excluding carboxylic acids is 2. The van der Waals surface area contributed by atoms with Crippen molar-refractivity contribution in [1.82, 2.24) is 10.2 Å². The lowest BCUT2D eigenvalue weighted by Gasteiger charge is -2.17. The van der Waals surface area contributed by atoms with Gasteiger partial charge in [0, 0.05) is 16.8 Å². The van der Waals surface area contributed by atoms with Crippen LogP contribution in [0.5, 0.6) is 0 Å². The second-order valence-corrected chi connectivity index (χ2v) is 4.49. The number of aromatic nitrogens is 2. The highest BCUT2D eigenvalue weighted by atomic mass is 16.3. The average molecular weight is 258 g/mol. The number of hydrogen-bond donors (Lipinski definition) is 3. The molecule has 0 spiro atoms. The molecule has 6 heteroatoms. The number of hydrogen-bond acceptors (Lipinski definition) is 4. The zero-order chi connectivity index (χ0) is 13.8. The van der Waals surface area contributed by atoms with Crippen molar-refractivity contribution in [2.75, 3.05) is 0 Å². The minimum Gasteiger partial charge on any atom is -0.370 e. The summed E-state index contributed by atoms with van der Waals surface area (Å²) in [4.78, 5) is 36.3. The molecule has 0 amide bonds. The summed E-state index contributed by atoms with van der Waals surface area (Å²) in [5.41, 5.74) is -2.80. The van der Waals surface area contributed by atoms with Crippen molar-refractivity contribution < 1.29 is 14.7 Å². The highest BCUT2D eigenvalue weighted by Crippen LogP contribution is 2.36. The molecule has 19 heavy (non-hydrogen) atoms. The number of aliphatic hydroxyl groups is 1. The SMILES string of the molecule is Cc1[nH][nH]c(=O)c1C1(O)C(=O)c2ccccc2C1=O. The predicted octanol–water partition coefficient (Wildman–Crippen LogP) is 0.278. The third kappa shape index (κ3) is 1.26. The molecule has 3 N–H and O–H groups in total. The van der Waals surface area contributed by atoms with Crippen LogP contribution in [0.1, 0.15) is 32.0 Å². The number of fused-ring (bicyclic) bond motifs is 1. The molecule has 0 radical (unpaired) electrons. The van der Waals surface area contributed by atoms with Gasteiger partial charge in [0.2, 0.25) is 17.2 Å². The largest absolute Gasteiger partial charge is 0.370 e. The first-order valence-electron chi connectivity index (χ1n) is 5.66. The molecule has 0 fully saturated rings. The number of carbonyl (C=O) groups is 2. The third-order valence-corrected chi connectivity index (χ3v) is 3.40. The Hall–Kier alpha value is -2.47. The molecule has 0 saturated carbocycles. The van der Waals surface area contributed by atoms with Gasteiger partial charge in [-0.25, -0.2) is 0 Å². The Morgan fingerprint density at radius 2 is 1.53 bits per heavy atom. The molecule has 0 atom stereocenters. The standard InChI is InChI=1S/C13H10N2O4/c1-6-9(12(18)15-14-6)13(19)10(16)7-4-2-3-5-8(7)11(13)17/h2-5,19H,1H3,(H2,14,15,18). The molecule has 1 aliphatic carbocycles. The second kappa shape index (κ2) is 3.52. The number of ketones is 2. The van der Waals surface area contributed by atoms with E-state index in [2.05, 4.69) is 10.2 Å². The molecule has 6 nitrogen and oxygen atoms in total. The Balaban J connectivity index is 2.32. The molecule has 1 heterocycles. The van der Waals surface area contributed by atoms with E-state index in [-0.39, 0.29) is 22.4 Å². The Kier molecular flexibility index (Phi) is 2.15. The minimum atomic E-state index is -2.43.